The van der Waals surface area contributed by atoms with Crippen LogP contribution in [0.4, 0.5) is 10.5 Å². The molecule has 3 N–H and O–H groups in total. The lowest BCUT2D eigenvalue weighted by Gasteiger charge is -2.03. The smallest absolute Gasteiger partial charge is 0.392 e. The van der Waals surface area contributed by atoms with E-state index < -0.39 is 11.0 Å². The number of pyridine rings is 1. The summed E-state index contributed by atoms with van der Waals surface area (Å²) in [6.45, 7) is 0. The van der Waals surface area contributed by atoms with Gasteiger partial charge in [-0.15, -0.1) is 0 Å². The lowest BCUT2D eigenvalue weighted by Crippen LogP contribution is -2.16. The van der Waals surface area contributed by atoms with E-state index in [0.717, 1.165) is 0 Å². The number of fused-ring (bicyclic) bond motifs is 1. The van der Waals surface area contributed by atoms with Gasteiger partial charge in [-0.05, 0) is 18.2 Å². The number of nitrogens with one attached hydrogen (secondary N) is 1. The Labute approximate surface area is 133 Å². The molecule has 23 heavy (non-hydrogen) atoms. The Morgan fingerprint density at radius 3 is 2.91 bits per heavy atom. The third-order valence-corrected chi connectivity index (χ3v) is 4.00. The van der Waals surface area contributed by atoms with Gasteiger partial charge in [-0.2, -0.15) is 0 Å². The molecule has 2 heterocycles. The number of non-ortho nitro benzene ring substituents is 1. The molecule has 3 aromatic rings. The second-order valence-electron chi connectivity index (χ2n) is 4.46. The van der Waals surface area contributed by atoms with Crippen molar-refractivity contribution < 1.29 is 14.5 Å². The average molecular weight is 330 g/mol. The molecule has 0 saturated heterocycles. The molecule has 8 nitrogen and oxygen atoms in total. The average Bonchev–Trinajstić information content (AvgIpc) is 2.84. The molecule has 3 rings (SSSR count). The summed E-state index contributed by atoms with van der Waals surface area (Å²) in [7, 11) is 0. The fourth-order valence-corrected chi connectivity index (χ4v) is 3.03. The number of carbonyl (C=O) groups is 1. The number of amides is 1. The first-order valence-electron chi connectivity index (χ1n) is 6.41. The number of aromatic amines is 1. The molecule has 0 unspecified atom stereocenters. The van der Waals surface area contributed by atoms with Gasteiger partial charge in [0.2, 0.25) is 5.88 Å². The number of nitro groups is 1. The summed E-state index contributed by atoms with van der Waals surface area (Å²) >= 11 is 1.19. The van der Waals surface area contributed by atoms with Crippen LogP contribution >= 0.6 is 11.8 Å². The van der Waals surface area contributed by atoms with E-state index in [4.69, 9.17) is 10.5 Å². The van der Waals surface area contributed by atoms with Crippen molar-refractivity contribution in [2.45, 2.75) is 9.79 Å². The molecule has 0 aliphatic heterocycles. The number of rotatable bonds is 4. The van der Waals surface area contributed by atoms with Crippen LogP contribution in [0.2, 0.25) is 0 Å². The number of aromatic nitrogens is 2. The number of nitrogens with two attached hydrogens (primary N) is 1. The van der Waals surface area contributed by atoms with Crippen molar-refractivity contribution in [2.24, 2.45) is 5.73 Å². The van der Waals surface area contributed by atoms with Crippen LogP contribution in [0.15, 0.2) is 52.4 Å². The summed E-state index contributed by atoms with van der Waals surface area (Å²) in [6.07, 6.45) is 0.638. The molecular formula is C14H10N4O4S. The predicted octanol–water partition coefficient (Wildman–Crippen LogP) is 3.08. The number of H-pyrrole nitrogens is 1. The Hall–Kier alpha value is -3.07. The first-order valence-corrected chi connectivity index (χ1v) is 7.22. The largest absolute Gasteiger partial charge is 0.411 e. The van der Waals surface area contributed by atoms with E-state index in [0.29, 0.717) is 20.8 Å². The quantitative estimate of drug-likeness (QED) is 0.559. The zero-order valence-electron chi connectivity index (χ0n) is 11.6. The SMILES string of the molecule is NC(=O)Oc1[nH]c2cccnc2c1Sc1cccc([N+](=O)[O-])c1. The maximum atomic E-state index is 11.1. The van der Waals surface area contributed by atoms with Crippen LogP contribution in [-0.2, 0) is 0 Å². The number of hydrogen-bond acceptors (Lipinski definition) is 6. The fraction of sp³-hybridized carbons (Fsp3) is 0. The fourth-order valence-electron chi connectivity index (χ4n) is 2.02. The van der Waals surface area contributed by atoms with Crippen LogP contribution < -0.4 is 10.5 Å². The molecule has 1 amide bonds. The zero-order valence-corrected chi connectivity index (χ0v) is 12.4. The normalized spacial score (nSPS) is 10.6. The van der Waals surface area contributed by atoms with Gasteiger partial charge in [-0.3, -0.25) is 15.1 Å². The zero-order chi connectivity index (χ0) is 16.4. The van der Waals surface area contributed by atoms with Gasteiger partial charge < -0.3 is 15.5 Å². The first-order chi connectivity index (χ1) is 11.0. The van der Waals surface area contributed by atoms with Crippen LogP contribution in [0, 0.1) is 10.1 Å². The number of benzene rings is 1. The molecular weight excluding hydrogens is 320 g/mol. The highest BCUT2D eigenvalue weighted by atomic mass is 32.2. The Kier molecular flexibility index (Phi) is 3.85. The highest BCUT2D eigenvalue weighted by molar-refractivity contribution is 7.99. The van der Waals surface area contributed by atoms with Crippen LogP contribution in [0.5, 0.6) is 5.88 Å². The summed E-state index contributed by atoms with van der Waals surface area (Å²) < 4.78 is 4.97. The van der Waals surface area contributed by atoms with Crippen molar-refractivity contribution in [3.63, 3.8) is 0 Å². The number of primary amides is 1. The number of nitrogens with zero attached hydrogens (tertiary/aromatic N) is 2. The number of nitro benzene ring substituents is 1. The van der Waals surface area contributed by atoms with Crippen LogP contribution in [-0.4, -0.2) is 21.0 Å². The minimum Gasteiger partial charge on any atom is -0.392 e. The van der Waals surface area contributed by atoms with Gasteiger partial charge in [0.25, 0.3) is 5.69 Å². The van der Waals surface area contributed by atoms with Gasteiger partial charge in [0, 0.05) is 23.2 Å². The molecule has 0 fully saturated rings. The molecule has 0 aliphatic rings. The van der Waals surface area contributed by atoms with Crippen molar-refractivity contribution in [1.29, 1.82) is 0 Å². The number of hydrogen-bond donors (Lipinski definition) is 2. The van der Waals surface area contributed by atoms with Gasteiger partial charge in [-0.25, -0.2) is 4.79 Å². The van der Waals surface area contributed by atoms with Crippen molar-refractivity contribution >= 4 is 34.6 Å². The van der Waals surface area contributed by atoms with E-state index in [1.54, 1.807) is 30.5 Å². The second-order valence-corrected chi connectivity index (χ2v) is 5.54. The van der Waals surface area contributed by atoms with Gasteiger partial charge >= 0.3 is 6.09 Å². The minimum absolute atomic E-state index is 0.0276. The monoisotopic (exact) mass is 330 g/mol. The molecule has 2 aromatic heterocycles. The third-order valence-electron chi connectivity index (χ3n) is 2.93. The van der Waals surface area contributed by atoms with Crippen LogP contribution in [0.3, 0.4) is 0 Å². The summed E-state index contributed by atoms with van der Waals surface area (Å²) in [5.41, 5.74) is 6.29. The Morgan fingerprint density at radius 2 is 2.17 bits per heavy atom. The van der Waals surface area contributed by atoms with E-state index in [1.165, 1.54) is 23.9 Å². The van der Waals surface area contributed by atoms with Gasteiger partial charge in [0.1, 0.15) is 10.4 Å². The molecule has 0 aliphatic carbocycles. The van der Waals surface area contributed by atoms with Gasteiger partial charge in [0.05, 0.1) is 10.4 Å². The van der Waals surface area contributed by atoms with Gasteiger partial charge in [-0.1, -0.05) is 17.8 Å². The Balaban J connectivity index is 2.06. The van der Waals surface area contributed by atoms with E-state index in [-0.39, 0.29) is 11.6 Å². The standard InChI is InChI=1S/C14H10N4O4S/c15-14(19)22-13-12(11-10(17-13)5-2-6-16-11)23-9-4-1-3-8(7-9)18(20)21/h1-7,17H,(H2,15,19). The van der Waals surface area contributed by atoms with E-state index in [1.807, 2.05) is 0 Å². The van der Waals surface area contributed by atoms with E-state index >= 15 is 0 Å². The van der Waals surface area contributed by atoms with Crippen molar-refractivity contribution in [3.8, 4) is 5.88 Å². The molecule has 116 valence electrons. The number of carbonyl (C=O) groups excluding carboxylic acids is 1. The summed E-state index contributed by atoms with van der Waals surface area (Å²) in [4.78, 5) is 29.7. The maximum Gasteiger partial charge on any atom is 0.411 e. The Bertz CT molecular complexity index is 909. The lowest BCUT2D eigenvalue weighted by molar-refractivity contribution is -0.385. The van der Waals surface area contributed by atoms with Gasteiger partial charge in [0.15, 0.2) is 0 Å². The summed E-state index contributed by atoms with van der Waals surface area (Å²) in [5.74, 6) is 0.155. The highest BCUT2D eigenvalue weighted by Gasteiger charge is 2.18. The molecule has 9 heteroatoms. The molecule has 0 atom stereocenters. The minimum atomic E-state index is -0.961. The maximum absolute atomic E-state index is 11.1. The third kappa shape index (κ3) is 3.09. The topological polar surface area (TPSA) is 124 Å². The molecule has 0 spiro atoms. The summed E-state index contributed by atoms with van der Waals surface area (Å²) in [6, 6.07) is 9.63. The Morgan fingerprint density at radius 1 is 1.35 bits per heavy atom. The van der Waals surface area contributed by atoms with Crippen molar-refractivity contribution in [3.05, 3.63) is 52.7 Å². The van der Waals surface area contributed by atoms with Crippen LogP contribution in [0.25, 0.3) is 11.0 Å². The predicted molar refractivity (Wildman–Crippen MR) is 83.5 cm³/mol. The molecule has 1 aromatic carbocycles. The van der Waals surface area contributed by atoms with Crippen LogP contribution in [0.1, 0.15) is 0 Å². The van der Waals surface area contributed by atoms with Crippen molar-refractivity contribution in [1.82, 2.24) is 9.97 Å². The molecule has 0 saturated carbocycles. The molecule has 0 bridgehead atoms. The van der Waals surface area contributed by atoms with E-state index in [9.17, 15) is 14.9 Å². The number of ether oxygens (including phenoxy) is 1. The first kappa shape index (κ1) is 14.9. The molecule has 0 radical (unpaired) electrons. The van der Waals surface area contributed by atoms with E-state index in [2.05, 4.69) is 9.97 Å². The highest BCUT2D eigenvalue weighted by Crippen LogP contribution is 2.40. The van der Waals surface area contributed by atoms with Crippen molar-refractivity contribution in [2.75, 3.05) is 0 Å². The summed E-state index contributed by atoms with van der Waals surface area (Å²) in [5, 5.41) is 10.9. The second kappa shape index (κ2) is 5.97. The lowest BCUT2D eigenvalue weighted by atomic mass is 10.3.